The summed E-state index contributed by atoms with van der Waals surface area (Å²) in [5.74, 6) is 0.237. The standard InChI is InChI=1S/C22H42O5Si/c1-10-21(5,6)19(23)25-14-17-16(13-24-7)18-11-12-22(17,27-18)15-26-28(8,9)20(2,3)4/h16-18H,10-15H2,1-9H3/t16-,17+,18+,22+/m1/s1. The fourth-order valence-corrected chi connectivity index (χ4v) is 5.00. The van der Waals surface area contributed by atoms with Crippen molar-refractivity contribution in [2.24, 2.45) is 17.3 Å². The molecule has 2 heterocycles. The van der Waals surface area contributed by atoms with Crippen molar-refractivity contribution in [2.45, 2.75) is 90.6 Å². The monoisotopic (exact) mass is 414 g/mol. The van der Waals surface area contributed by atoms with Gasteiger partial charge in [-0.25, -0.2) is 0 Å². The summed E-state index contributed by atoms with van der Waals surface area (Å²) in [4.78, 5) is 12.6. The molecule has 6 heteroatoms. The molecular formula is C22H42O5Si. The summed E-state index contributed by atoms with van der Waals surface area (Å²) in [6.07, 6.45) is 2.92. The number of fused-ring (bicyclic) bond motifs is 2. The van der Waals surface area contributed by atoms with Crippen molar-refractivity contribution in [1.29, 1.82) is 0 Å². The van der Waals surface area contributed by atoms with Gasteiger partial charge in [0.05, 0.1) is 36.9 Å². The molecule has 0 aliphatic carbocycles. The van der Waals surface area contributed by atoms with E-state index in [1.54, 1.807) is 7.11 Å². The quantitative estimate of drug-likeness (QED) is 0.401. The average molecular weight is 415 g/mol. The molecule has 0 saturated carbocycles. The molecule has 0 aromatic rings. The number of carbonyl (C=O) groups excluding carboxylic acids is 1. The first-order valence-corrected chi connectivity index (χ1v) is 13.7. The van der Waals surface area contributed by atoms with Crippen LogP contribution in [0.25, 0.3) is 0 Å². The highest BCUT2D eigenvalue weighted by Crippen LogP contribution is 2.52. The van der Waals surface area contributed by atoms with Crippen LogP contribution in [0.5, 0.6) is 0 Å². The second kappa shape index (κ2) is 8.36. The van der Waals surface area contributed by atoms with Gasteiger partial charge in [-0.05, 0) is 51.2 Å². The topological polar surface area (TPSA) is 54.0 Å². The van der Waals surface area contributed by atoms with Gasteiger partial charge < -0.3 is 18.6 Å². The number of methoxy groups -OCH3 is 1. The molecular weight excluding hydrogens is 372 g/mol. The first-order chi connectivity index (χ1) is 12.8. The van der Waals surface area contributed by atoms with Gasteiger partial charge in [-0.1, -0.05) is 27.7 Å². The van der Waals surface area contributed by atoms with E-state index in [1.165, 1.54) is 0 Å². The Hall–Kier alpha value is -0.433. The van der Waals surface area contributed by atoms with Crippen LogP contribution < -0.4 is 0 Å². The normalized spacial score (nSPS) is 30.7. The number of esters is 1. The van der Waals surface area contributed by atoms with E-state index in [9.17, 15) is 4.79 Å². The summed E-state index contributed by atoms with van der Waals surface area (Å²) in [7, 11) is -0.157. The van der Waals surface area contributed by atoms with Gasteiger partial charge in [-0.2, -0.15) is 0 Å². The lowest BCUT2D eigenvalue weighted by molar-refractivity contribution is -0.158. The third-order valence-corrected chi connectivity index (χ3v) is 12.1. The zero-order valence-corrected chi connectivity index (χ0v) is 20.5. The maximum Gasteiger partial charge on any atom is 0.311 e. The molecule has 0 radical (unpaired) electrons. The van der Waals surface area contributed by atoms with Crippen LogP contribution in [0.15, 0.2) is 0 Å². The van der Waals surface area contributed by atoms with Crippen LogP contribution in [0.2, 0.25) is 18.1 Å². The molecule has 2 aliphatic rings. The number of rotatable bonds is 9. The third kappa shape index (κ3) is 4.66. The molecule has 0 amide bonds. The zero-order chi connectivity index (χ0) is 21.4. The molecule has 2 fully saturated rings. The highest BCUT2D eigenvalue weighted by Gasteiger charge is 2.60. The van der Waals surface area contributed by atoms with Crippen LogP contribution in [-0.2, 0) is 23.4 Å². The number of ether oxygens (including phenoxy) is 3. The third-order valence-electron chi connectivity index (χ3n) is 7.58. The van der Waals surface area contributed by atoms with Crippen molar-refractivity contribution in [1.82, 2.24) is 0 Å². The van der Waals surface area contributed by atoms with E-state index in [0.29, 0.717) is 19.8 Å². The van der Waals surface area contributed by atoms with E-state index >= 15 is 0 Å². The van der Waals surface area contributed by atoms with Crippen LogP contribution >= 0.6 is 0 Å². The SMILES string of the molecule is CCC(C)(C)C(=O)OC[C@H]1[C@@H](COC)[C@@H]2CC[C@@]1(CO[Si](C)(C)C(C)(C)C)O2. The number of carbonyl (C=O) groups is 1. The lowest BCUT2D eigenvalue weighted by Gasteiger charge is -2.41. The summed E-state index contributed by atoms with van der Waals surface area (Å²) >= 11 is 0. The van der Waals surface area contributed by atoms with Gasteiger partial charge in [0.2, 0.25) is 0 Å². The lowest BCUT2D eigenvalue weighted by atomic mass is 9.72. The number of hydrogen-bond donors (Lipinski definition) is 0. The summed E-state index contributed by atoms with van der Waals surface area (Å²) in [5, 5.41) is 0.152. The Morgan fingerprint density at radius 2 is 1.82 bits per heavy atom. The van der Waals surface area contributed by atoms with Crippen molar-refractivity contribution in [3.63, 3.8) is 0 Å². The Morgan fingerprint density at radius 3 is 2.36 bits per heavy atom. The van der Waals surface area contributed by atoms with E-state index < -0.39 is 13.7 Å². The van der Waals surface area contributed by atoms with Crippen molar-refractivity contribution in [3.8, 4) is 0 Å². The maximum atomic E-state index is 12.6. The predicted octanol–water partition coefficient (Wildman–Crippen LogP) is 4.80. The van der Waals surface area contributed by atoms with Gasteiger partial charge in [0.25, 0.3) is 0 Å². The molecule has 5 nitrogen and oxygen atoms in total. The van der Waals surface area contributed by atoms with E-state index in [1.807, 2.05) is 20.8 Å². The highest BCUT2D eigenvalue weighted by atomic mass is 28.4. The minimum atomic E-state index is -1.89. The average Bonchev–Trinajstić information content (AvgIpc) is 3.14. The van der Waals surface area contributed by atoms with Crippen LogP contribution in [0.3, 0.4) is 0 Å². The van der Waals surface area contributed by atoms with Crippen molar-refractivity contribution in [3.05, 3.63) is 0 Å². The van der Waals surface area contributed by atoms with E-state index in [4.69, 9.17) is 18.6 Å². The van der Waals surface area contributed by atoms with Gasteiger partial charge in [0.15, 0.2) is 8.32 Å². The molecule has 2 bridgehead atoms. The predicted molar refractivity (Wildman–Crippen MR) is 114 cm³/mol. The highest BCUT2D eigenvalue weighted by molar-refractivity contribution is 6.74. The van der Waals surface area contributed by atoms with Crippen LogP contribution in [0.4, 0.5) is 0 Å². The fraction of sp³-hybridized carbons (Fsp3) is 0.955. The Kier molecular flexibility index (Phi) is 7.12. The molecule has 0 unspecified atom stereocenters. The Bertz CT molecular complexity index is 554. The summed E-state index contributed by atoms with van der Waals surface area (Å²) in [5.41, 5.74) is -0.819. The minimum absolute atomic E-state index is 0.118. The molecule has 0 aromatic carbocycles. The summed E-state index contributed by atoms with van der Waals surface area (Å²) < 4.78 is 24.4. The molecule has 28 heavy (non-hydrogen) atoms. The largest absolute Gasteiger partial charge is 0.465 e. The van der Waals surface area contributed by atoms with Gasteiger partial charge in [-0.15, -0.1) is 0 Å². The summed E-state index contributed by atoms with van der Waals surface area (Å²) in [6, 6.07) is 0. The van der Waals surface area contributed by atoms with Gasteiger partial charge in [0.1, 0.15) is 0 Å². The Balaban J connectivity index is 2.15. The number of hydrogen-bond acceptors (Lipinski definition) is 5. The molecule has 2 rings (SSSR count). The molecule has 0 aromatic heterocycles. The zero-order valence-electron chi connectivity index (χ0n) is 19.5. The van der Waals surface area contributed by atoms with Gasteiger partial charge in [-0.3, -0.25) is 4.79 Å². The van der Waals surface area contributed by atoms with Crippen molar-refractivity contribution < 1.29 is 23.4 Å². The van der Waals surface area contributed by atoms with Crippen molar-refractivity contribution in [2.75, 3.05) is 26.9 Å². The molecule has 0 spiro atoms. The summed E-state index contributed by atoms with van der Waals surface area (Å²) in [6.45, 7) is 18.8. The first kappa shape index (κ1) is 23.8. The smallest absolute Gasteiger partial charge is 0.311 e. The van der Waals surface area contributed by atoms with E-state index in [-0.39, 0.29) is 34.5 Å². The second-order valence-corrected chi connectivity index (χ2v) is 15.7. The maximum absolute atomic E-state index is 12.6. The molecule has 0 N–H and O–H groups in total. The Labute approximate surface area is 173 Å². The van der Waals surface area contributed by atoms with Crippen LogP contribution in [-0.4, -0.2) is 52.9 Å². The Morgan fingerprint density at radius 1 is 1.18 bits per heavy atom. The fourth-order valence-electron chi connectivity index (χ4n) is 3.96. The van der Waals surface area contributed by atoms with Gasteiger partial charge in [0, 0.05) is 18.9 Å². The molecule has 2 saturated heterocycles. The molecule has 164 valence electrons. The lowest BCUT2D eigenvalue weighted by Crippen LogP contribution is -2.50. The van der Waals surface area contributed by atoms with E-state index in [2.05, 4.69) is 33.9 Å². The van der Waals surface area contributed by atoms with Crippen LogP contribution in [0.1, 0.15) is 60.8 Å². The minimum Gasteiger partial charge on any atom is -0.465 e. The van der Waals surface area contributed by atoms with Crippen LogP contribution in [0, 0.1) is 17.3 Å². The van der Waals surface area contributed by atoms with E-state index in [0.717, 1.165) is 19.3 Å². The molecule has 4 atom stereocenters. The van der Waals surface area contributed by atoms with Crippen molar-refractivity contribution >= 4 is 14.3 Å². The molecule has 2 aliphatic heterocycles. The second-order valence-electron chi connectivity index (χ2n) is 10.9. The van der Waals surface area contributed by atoms with Gasteiger partial charge >= 0.3 is 5.97 Å². The first-order valence-electron chi connectivity index (χ1n) is 10.8.